The van der Waals surface area contributed by atoms with Gasteiger partial charge in [-0.2, -0.15) is 5.10 Å². The monoisotopic (exact) mass is 313 g/mol. The predicted molar refractivity (Wildman–Crippen MR) is 75.1 cm³/mol. The highest BCUT2D eigenvalue weighted by Gasteiger charge is 2.14. The van der Waals surface area contributed by atoms with Crippen molar-refractivity contribution in [2.45, 2.75) is 19.8 Å². The molecule has 0 unspecified atom stereocenters. The highest BCUT2D eigenvalue weighted by Crippen LogP contribution is 2.33. The largest absolute Gasteiger partial charge is 0.382 e. The first kappa shape index (κ1) is 12.5. The first-order valence-electron chi connectivity index (χ1n) is 5.41. The summed E-state index contributed by atoms with van der Waals surface area (Å²) in [5.41, 5.74) is 8.92. The molecule has 1 aromatic carbocycles. The van der Waals surface area contributed by atoms with Gasteiger partial charge in [-0.05, 0) is 18.6 Å². The minimum Gasteiger partial charge on any atom is -0.382 e. The number of hydrogen-bond donors (Lipinski definition) is 2. The molecule has 0 amide bonds. The number of hydrogen-bond acceptors (Lipinski definition) is 2. The van der Waals surface area contributed by atoms with Crippen LogP contribution in [0.2, 0.25) is 5.02 Å². The summed E-state index contributed by atoms with van der Waals surface area (Å²) in [6.07, 6.45) is 1.94. The Hall–Kier alpha value is -1.000. The number of aromatic amines is 1. The summed E-state index contributed by atoms with van der Waals surface area (Å²) in [5, 5.41) is 7.76. The van der Waals surface area contributed by atoms with Crippen molar-refractivity contribution in [1.82, 2.24) is 10.2 Å². The predicted octanol–water partition coefficient (Wildman–Crippen LogP) is 4.03. The van der Waals surface area contributed by atoms with Crippen molar-refractivity contribution >= 4 is 33.3 Å². The molecule has 0 aliphatic rings. The summed E-state index contributed by atoms with van der Waals surface area (Å²) < 4.78 is 0.936. The third kappa shape index (κ3) is 2.48. The van der Waals surface area contributed by atoms with E-state index in [0.29, 0.717) is 10.8 Å². The minimum absolute atomic E-state index is 0.573. The molecule has 0 bridgehead atoms. The molecule has 0 atom stereocenters. The van der Waals surface area contributed by atoms with Crippen molar-refractivity contribution in [1.29, 1.82) is 0 Å². The van der Waals surface area contributed by atoms with Crippen LogP contribution in [0.3, 0.4) is 0 Å². The van der Waals surface area contributed by atoms with E-state index >= 15 is 0 Å². The van der Waals surface area contributed by atoms with Gasteiger partial charge < -0.3 is 5.73 Å². The Morgan fingerprint density at radius 3 is 2.88 bits per heavy atom. The third-order valence-corrected chi connectivity index (χ3v) is 3.49. The molecule has 3 nitrogen and oxygen atoms in total. The highest BCUT2D eigenvalue weighted by molar-refractivity contribution is 9.10. The molecule has 0 spiro atoms. The van der Waals surface area contributed by atoms with Gasteiger partial charge in [0.15, 0.2) is 0 Å². The Kier molecular flexibility index (Phi) is 3.74. The molecule has 0 fully saturated rings. The third-order valence-electron chi connectivity index (χ3n) is 2.60. The Morgan fingerprint density at radius 2 is 2.24 bits per heavy atom. The molecule has 1 aromatic heterocycles. The van der Waals surface area contributed by atoms with Crippen LogP contribution in [0.4, 0.5) is 5.82 Å². The van der Waals surface area contributed by atoms with Gasteiger partial charge in [-0.15, -0.1) is 0 Å². The standard InChI is InChI=1S/C12H13BrClN3/c1-2-3-9-11(16-17-12(9)15)8-5-4-7(14)6-10(8)13/h4-6H,2-3H2,1H3,(H3,15,16,17). The molecule has 90 valence electrons. The van der Waals surface area contributed by atoms with E-state index < -0.39 is 0 Å². The number of H-pyrrole nitrogens is 1. The van der Waals surface area contributed by atoms with Crippen LogP contribution >= 0.6 is 27.5 Å². The Bertz CT molecular complexity index is 537. The maximum Gasteiger partial charge on any atom is 0.149 e. The summed E-state index contributed by atoms with van der Waals surface area (Å²) in [4.78, 5) is 0. The second-order valence-electron chi connectivity index (χ2n) is 3.84. The number of nitrogens with two attached hydrogens (primary N) is 1. The van der Waals surface area contributed by atoms with Gasteiger partial charge in [-0.3, -0.25) is 5.10 Å². The Morgan fingerprint density at radius 1 is 1.47 bits per heavy atom. The molecular formula is C12H13BrClN3. The van der Waals surface area contributed by atoms with E-state index in [1.54, 1.807) is 0 Å². The van der Waals surface area contributed by atoms with Crippen LogP contribution in [-0.4, -0.2) is 10.2 Å². The smallest absolute Gasteiger partial charge is 0.149 e. The van der Waals surface area contributed by atoms with Crippen LogP contribution in [0.15, 0.2) is 22.7 Å². The normalized spacial score (nSPS) is 10.8. The lowest BCUT2D eigenvalue weighted by molar-refractivity contribution is 0.927. The van der Waals surface area contributed by atoms with Crippen molar-refractivity contribution in [2.75, 3.05) is 5.73 Å². The van der Waals surface area contributed by atoms with Gasteiger partial charge in [0.2, 0.25) is 0 Å². The SMILES string of the molecule is CCCc1c(N)n[nH]c1-c1ccc(Cl)cc1Br. The molecule has 0 saturated heterocycles. The van der Waals surface area contributed by atoms with Crippen LogP contribution in [0.5, 0.6) is 0 Å². The zero-order chi connectivity index (χ0) is 12.4. The van der Waals surface area contributed by atoms with Gasteiger partial charge in [-0.1, -0.05) is 46.9 Å². The van der Waals surface area contributed by atoms with E-state index in [2.05, 4.69) is 33.1 Å². The summed E-state index contributed by atoms with van der Waals surface area (Å²) in [5.74, 6) is 0.573. The summed E-state index contributed by atoms with van der Waals surface area (Å²) in [7, 11) is 0. The van der Waals surface area contributed by atoms with E-state index in [9.17, 15) is 0 Å². The van der Waals surface area contributed by atoms with Gasteiger partial charge in [-0.25, -0.2) is 0 Å². The number of anilines is 1. The van der Waals surface area contributed by atoms with Gasteiger partial charge in [0.25, 0.3) is 0 Å². The van der Waals surface area contributed by atoms with E-state index in [4.69, 9.17) is 17.3 Å². The van der Waals surface area contributed by atoms with E-state index in [-0.39, 0.29) is 0 Å². The van der Waals surface area contributed by atoms with Gasteiger partial charge in [0.05, 0.1) is 5.69 Å². The fraction of sp³-hybridized carbons (Fsp3) is 0.250. The fourth-order valence-corrected chi connectivity index (χ4v) is 2.68. The van der Waals surface area contributed by atoms with Crippen LogP contribution in [0, 0.1) is 0 Å². The average molecular weight is 315 g/mol. The number of rotatable bonds is 3. The lowest BCUT2D eigenvalue weighted by Gasteiger charge is -2.06. The van der Waals surface area contributed by atoms with Crippen molar-refractivity contribution in [2.24, 2.45) is 0 Å². The number of halogens is 2. The first-order valence-corrected chi connectivity index (χ1v) is 6.58. The average Bonchev–Trinajstić information content (AvgIpc) is 2.62. The summed E-state index contributed by atoms with van der Waals surface area (Å²) >= 11 is 9.44. The van der Waals surface area contributed by atoms with Crippen LogP contribution in [0.1, 0.15) is 18.9 Å². The molecule has 0 saturated carbocycles. The molecule has 17 heavy (non-hydrogen) atoms. The van der Waals surface area contributed by atoms with E-state index in [1.807, 2.05) is 18.2 Å². The van der Waals surface area contributed by atoms with Gasteiger partial charge in [0.1, 0.15) is 5.82 Å². The van der Waals surface area contributed by atoms with Gasteiger partial charge >= 0.3 is 0 Å². The lowest BCUT2D eigenvalue weighted by atomic mass is 10.0. The highest BCUT2D eigenvalue weighted by atomic mass is 79.9. The topological polar surface area (TPSA) is 54.7 Å². The summed E-state index contributed by atoms with van der Waals surface area (Å²) in [6, 6.07) is 5.68. The second kappa shape index (κ2) is 5.10. The van der Waals surface area contributed by atoms with Crippen LogP contribution in [0.25, 0.3) is 11.3 Å². The zero-order valence-corrected chi connectivity index (χ0v) is 11.8. The van der Waals surface area contributed by atoms with E-state index in [0.717, 1.165) is 34.1 Å². The van der Waals surface area contributed by atoms with Crippen molar-refractivity contribution in [3.8, 4) is 11.3 Å². The molecule has 5 heteroatoms. The zero-order valence-electron chi connectivity index (χ0n) is 9.43. The van der Waals surface area contributed by atoms with Crippen molar-refractivity contribution < 1.29 is 0 Å². The maximum absolute atomic E-state index is 5.93. The maximum atomic E-state index is 5.93. The van der Waals surface area contributed by atoms with E-state index in [1.165, 1.54) is 0 Å². The molecule has 3 N–H and O–H groups in total. The second-order valence-corrected chi connectivity index (χ2v) is 5.13. The fourth-order valence-electron chi connectivity index (χ4n) is 1.80. The molecule has 2 rings (SSSR count). The van der Waals surface area contributed by atoms with Crippen LogP contribution in [-0.2, 0) is 6.42 Å². The molecular weight excluding hydrogens is 302 g/mol. The van der Waals surface area contributed by atoms with Crippen molar-refractivity contribution in [3.05, 3.63) is 33.3 Å². The quantitative estimate of drug-likeness (QED) is 0.898. The Labute approximate surface area is 113 Å². The Balaban J connectivity index is 2.52. The number of benzene rings is 1. The number of aromatic nitrogens is 2. The molecule has 1 heterocycles. The van der Waals surface area contributed by atoms with Crippen molar-refractivity contribution in [3.63, 3.8) is 0 Å². The number of nitrogens with one attached hydrogen (secondary N) is 1. The lowest BCUT2D eigenvalue weighted by Crippen LogP contribution is -1.93. The minimum atomic E-state index is 0.573. The number of nitrogen functional groups attached to an aromatic ring is 1. The molecule has 0 aliphatic heterocycles. The van der Waals surface area contributed by atoms with Gasteiger partial charge in [0, 0.05) is 20.6 Å². The molecule has 2 aromatic rings. The summed E-state index contributed by atoms with van der Waals surface area (Å²) in [6.45, 7) is 2.12. The molecule has 0 radical (unpaired) electrons. The van der Waals surface area contributed by atoms with Crippen LogP contribution < -0.4 is 5.73 Å². The molecule has 0 aliphatic carbocycles. The number of nitrogens with zero attached hydrogens (tertiary/aromatic N) is 1. The first-order chi connectivity index (χ1) is 8.13.